The first-order valence-electron chi connectivity index (χ1n) is 10.8. The topological polar surface area (TPSA) is 71.0 Å². The van der Waals surface area contributed by atoms with Crippen LogP contribution in [0.3, 0.4) is 0 Å². The van der Waals surface area contributed by atoms with Gasteiger partial charge in [-0.3, -0.25) is 4.90 Å². The fraction of sp³-hybridized carbons (Fsp3) is 0.458. The van der Waals surface area contributed by atoms with Gasteiger partial charge in [-0.05, 0) is 35.1 Å². The summed E-state index contributed by atoms with van der Waals surface area (Å²) < 4.78 is 11.0. The molecule has 5 rings (SSSR count). The van der Waals surface area contributed by atoms with Crippen molar-refractivity contribution in [3.63, 3.8) is 0 Å². The van der Waals surface area contributed by atoms with Crippen LogP contribution >= 0.6 is 0 Å². The van der Waals surface area contributed by atoms with Crippen LogP contribution in [0.1, 0.15) is 29.9 Å². The molecule has 2 N–H and O–H groups in total. The molecule has 2 aliphatic heterocycles. The minimum atomic E-state index is -0.406. The van der Waals surface area contributed by atoms with Crippen LogP contribution < -0.4 is 5.32 Å². The number of carbonyl (C=O) groups excluding carboxylic acids is 1. The number of rotatable bonds is 4. The maximum absolute atomic E-state index is 12.5. The summed E-state index contributed by atoms with van der Waals surface area (Å²) in [5, 5.41) is 13.0. The number of aliphatic hydroxyl groups is 1. The molecule has 2 aromatic rings. The second-order valence-corrected chi connectivity index (χ2v) is 8.45. The first-order chi connectivity index (χ1) is 14.7. The van der Waals surface area contributed by atoms with Crippen LogP contribution in [0, 0.1) is 0 Å². The Morgan fingerprint density at radius 1 is 1.03 bits per heavy atom. The van der Waals surface area contributed by atoms with Crippen molar-refractivity contribution >= 4 is 6.09 Å². The molecule has 0 saturated carbocycles. The number of nitrogens with one attached hydrogen (secondary N) is 1. The van der Waals surface area contributed by atoms with Crippen molar-refractivity contribution in [2.24, 2.45) is 0 Å². The van der Waals surface area contributed by atoms with Crippen LogP contribution in [0.25, 0.3) is 11.1 Å². The van der Waals surface area contributed by atoms with Gasteiger partial charge in [-0.15, -0.1) is 0 Å². The summed E-state index contributed by atoms with van der Waals surface area (Å²) in [4.78, 5) is 14.7. The van der Waals surface area contributed by atoms with Gasteiger partial charge in [0.1, 0.15) is 6.61 Å². The number of carbonyl (C=O) groups is 1. The lowest BCUT2D eigenvalue weighted by Gasteiger charge is -2.36. The predicted octanol–water partition coefficient (Wildman–Crippen LogP) is 2.75. The highest BCUT2D eigenvalue weighted by Gasteiger charge is 2.34. The molecule has 6 nitrogen and oxygen atoms in total. The SMILES string of the molecule is O=C(NC1CCN([C@@H]2COC[C@H]2O)CC1)OCC1c2ccccc2-c2ccccc21. The standard InChI is InChI=1S/C24H28N2O4/c27-23-15-29-14-22(23)26-11-9-16(10-12-26)25-24(28)30-13-21-19-7-3-1-5-17(19)18-6-2-4-8-20(18)21/h1-8,16,21-23,27H,9-15H2,(H,25,28)/t22-,23-/m1/s1. The number of hydrogen-bond donors (Lipinski definition) is 2. The maximum Gasteiger partial charge on any atom is 0.407 e. The zero-order valence-corrected chi connectivity index (χ0v) is 17.0. The van der Waals surface area contributed by atoms with E-state index in [-0.39, 0.29) is 24.1 Å². The summed E-state index contributed by atoms with van der Waals surface area (Å²) in [5.41, 5.74) is 4.90. The van der Waals surface area contributed by atoms with Gasteiger partial charge in [0.2, 0.25) is 0 Å². The van der Waals surface area contributed by atoms with E-state index in [1.807, 2.05) is 12.1 Å². The highest BCUT2D eigenvalue weighted by atomic mass is 16.5. The Hall–Kier alpha value is -2.41. The Morgan fingerprint density at radius 3 is 2.27 bits per heavy atom. The molecular weight excluding hydrogens is 380 g/mol. The average molecular weight is 408 g/mol. The van der Waals surface area contributed by atoms with Crippen molar-refractivity contribution in [3.8, 4) is 11.1 Å². The van der Waals surface area contributed by atoms with Gasteiger partial charge in [-0.2, -0.15) is 0 Å². The van der Waals surface area contributed by atoms with Crippen LogP contribution in [0.15, 0.2) is 48.5 Å². The molecule has 0 aromatic heterocycles. The summed E-state index contributed by atoms with van der Waals surface area (Å²) >= 11 is 0. The van der Waals surface area contributed by atoms with Crippen LogP contribution in [0.5, 0.6) is 0 Å². The summed E-state index contributed by atoms with van der Waals surface area (Å²) in [6, 6.07) is 16.9. The first kappa shape index (κ1) is 19.5. The van der Waals surface area contributed by atoms with E-state index < -0.39 is 6.10 Å². The van der Waals surface area contributed by atoms with E-state index in [1.165, 1.54) is 22.3 Å². The van der Waals surface area contributed by atoms with Crippen molar-refractivity contribution in [1.82, 2.24) is 10.2 Å². The van der Waals surface area contributed by atoms with Crippen molar-refractivity contribution in [2.45, 2.75) is 36.9 Å². The maximum atomic E-state index is 12.5. The minimum absolute atomic E-state index is 0.0776. The van der Waals surface area contributed by atoms with E-state index in [9.17, 15) is 9.90 Å². The molecule has 0 unspecified atom stereocenters. The van der Waals surface area contributed by atoms with E-state index >= 15 is 0 Å². The molecule has 6 heteroatoms. The lowest BCUT2D eigenvalue weighted by molar-refractivity contribution is 0.0620. The highest BCUT2D eigenvalue weighted by Crippen LogP contribution is 2.44. The second-order valence-electron chi connectivity index (χ2n) is 8.45. The van der Waals surface area contributed by atoms with Gasteiger partial charge in [0.25, 0.3) is 0 Å². The molecule has 0 bridgehead atoms. The fourth-order valence-electron chi connectivity index (χ4n) is 5.06. The molecule has 2 fully saturated rings. The number of hydrogen-bond acceptors (Lipinski definition) is 5. The Morgan fingerprint density at radius 2 is 1.67 bits per heavy atom. The number of likely N-dealkylation sites (tertiary alicyclic amines) is 1. The van der Waals surface area contributed by atoms with E-state index in [4.69, 9.17) is 9.47 Å². The molecule has 2 atom stereocenters. The van der Waals surface area contributed by atoms with Gasteiger partial charge in [0, 0.05) is 25.0 Å². The van der Waals surface area contributed by atoms with E-state index in [2.05, 4.69) is 46.6 Å². The minimum Gasteiger partial charge on any atom is -0.449 e. The largest absolute Gasteiger partial charge is 0.449 e. The third kappa shape index (κ3) is 3.71. The van der Waals surface area contributed by atoms with E-state index in [1.54, 1.807) is 0 Å². The molecular formula is C24H28N2O4. The first-order valence-corrected chi connectivity index (χ1v) is 10.8. The number of nitrogens with zero attached hydrogens (tertiary/aromatic N) is 1. The number of piperidine rings is 1. The lowest BCUT2D eigenvalue weighted by Crippen LogP contribution is -2.51. The zero-order valence-electron chi connectivity index (χ0n) is 17.0. The summed E-state index contributed by atoms with van der Waals surface area (Å²) in [6.07, 6.45) is 0.956. The van der Waals surface area contributed by atoms with Crippen molar-refractivity contribution < 1.29 is 19.4 Å². The van der Waals surface area contributed by atoms with Crippen molar-refractivity contribution in [1.29, 1.82) is 0 Å². The van der Waals surface area contributed by atoms with E-state index in [0.29, 0.717) is 19.8 Å². The van der Waals surface area contributed by atoms with Crippen LogP contribution in [0.4, 0.5) is 4.79 Å². The summed E-state index contributed by atoms with van der Waals surface area (Å²) in [7, 11) is 0. The number of alkyl carbamates (subject to hydrolysis) is 1. The molecule has 1 aliphatic carbocycles. The van der Waals surface area contributed by atoms with Gasteiger partial charge in [0.05, 0.1) is 25.4 Å². The number of fused-ring (bicyclic) bond motifs is 3. The van der Waals surface area contributed by atoms with E-state index in [0.717, 1.165) is 25.9 Å². The van der Waals surface area contributed by atoms with Gasteiger partial charge < -0.3 is 19.9 Å². The quantitative estimate of drug-likeness (QED) is 0.814. The van der Waals surface area contributed by atoms with Gasteiger partial charge >= 0.3 is 6.09 Å². The molecule has 2 aromatic carbocycles. The van der Waals surface area contributed by atoms with Crippen LogP contribution in [-0.4, -0.2) is 67.2 Å². The Balaban J connectivity index is 1.15. The Labute approximate surface area is 176 Å². The third-order valence-corrected chi connectivity index (χ3v) is 6.69. The Bertz CT molecular complexity index is 864. The lowest BCUT2D eigenvalue weighted by atomic mass is 9.98. The number of ether oxygens (including phenoxy) is 2. The summed E-state index contributed by atoms with van der Waals surface area (Å²) in [6.45, 7) is 3.04. The van der Waals surface area contributed by atoms with Crippen molar-refractivity contribution in [3.05, 3.63) is 59.7 Å². The highest BCUT2D eigenvalue weighted by molar-refractivity contribution is 5.79. The van der Waals surface area contributed by atoms with Crippen LogP contribution in [-0.2, 0) is 9.47 Å². The number of amides is 1. The second kappa shape index (κ2) is 8.38. The normalized spacial score (nSPS) is 24.4. The fourth-order valence-corrected chi connectivity index (χ4v) is 5.06. The monoisotopic (exact) mass is 408 g/mol. The molecule has 30 heavy (non-hydrogen) atoms. The third-order valence-electron chi connectivity index (χ3n) is 6.69. The van der Waals surface area contributed by atoms with Gasteiger partial charge in [-0.1, -0.05) is 48.5 Å². The zero-order chi connectivity index (χ0) is 20.5. The smallest absolute Gasteiger partial charge is 0.407 e. The molecule has 2 saturated heterocycles. The summed E-state index contributed by atoms with van der Waals surface area (Å²) in [5.74, 6) is 0.0776. The number of aliphatic hydroxyl groups excluding tert-OH is 1. The molecule has 3 aliphatic rings. The molecule has 2 heterocycles. The average Bonchev–Trinajstić information content (AvgIpc) is 3.34. The molecule has 158 valence electrons. The molecule has 1 amide bonds. The molecule has 0 spiro atoms. The van der Waals surface area contributed by atoms with Crippen LogP contribution in [0.2, 0.25) is 0 Å². The molecule has 0 radical (unpaired) electrons. The van der Waals surface area contributed by atoms with Crippen molar-refractivity contribution in [2.75, 3.05) is 32.9 Å². The van der Waals surface area contributed by atoms with Gasteiger partial charge in [0.15, 0.2) is 0 Å². The van der Waals surface area contributed by atoms with Gasteiger partial charge in [-0.25, -0.2) is 4.79 Å². The predicted molar refractivity (Wildman–Crippen MR) is 113 cm³/mol. The Kier molecular flexibility index (Phi) is 5.46. The number of benzene rings is 2.